The summed E-state index contributed by atoms with van der Waals surface area (Å²) in [6.45, 7) is 0.184. The maximum absolute atomic E-state index is 11.9. The van der Waals surface area contributed by atoms with Gasteiger partial charge in [0, 0.05) is 23.2 Å². The molecule has 0 aliphatic carbocycles. The van der Waals surface area contributed by atoms with Crippen LogP contribution in [0.2, 0.25) is 5.02 Å². The lowest BCUT2D eigenvalue weighted by Gasteiger charge is -2.02. The van der Waals surface area contributed by atoms with Crippen LogP contribution in [0, 0.1) is 11.8 Å². The summed E-state index contributed by atoms with van der Waals surface area (Å²) in [7, 11) is 1.57. The maximum atomic E-state index is 11.9. The minimum atomic E-state index is -0.226. The normalized spacial score (nSPS) is 9.48. The van der Waals surface area contributed by atoms with E-state index in [2.05, 4.69) is 22.5 Å². The Bertz CT molecular complexity index is 774. The van der Waals surface area contributed by atoms with E-state index in [1.54, 1.807) is 49.5 Å². The number of hydrogen-bond donors (Lipinski definition) is 2. The van der Waals surface area contributed by atoms with E-state index in [4.69, 9.17) is 11.6 Å². The smallest absolute Gasteiger partial charge is 0.252 e. The van der Waals surface area contributed by atoms with Crippen LogP contribution in [-0.4, -0.2) is 25.4 Å². The van der Waals surface area contributed by atoms with Crippen LogP contribution in [0.4, 0.5) is 0 Å². The minimum absolute atomic E-state index is 0.184. The molecule has 0 fully saturated rings. The monoisotopic (exact) mass is 326 g/mol. The van der Waals surface area contributed by atoms with Gasteiger partial charge in [-0.15, -0.1) is 0 Å². The van der Waals surface area contributed by atoms with Gasteiger partial charge in [-0.2, -0.15) is 0 Å². The molecule has 0 saturated carbocycles. The fraction of sp³-hybridized carbons (Fsp3) is 0.111. The van der Waals surface area contributed by atoms with Crippen molar-refractivity contribution in [2.24, 2.45) is 0 Å². The molecule has 23 heavy (non-hydrogen) atoms. The second-order valence-electron chi connectivity index (χ2n) is 4.62. The summed E-state index contributed by atoms with van der Waals surface area (Å²) >= 11 is 5.78. The van der Waals surface area contributed by atoms with Crippen molar-refractivity contribution in [2.75, 3.05) is 13.6 Å². The molecule has 0 atom stereocenters. The Hall–Kier alpha value is -2.77. The summed E-state index contributed by atoms with van der Waals surface area (Å²) in [4.78, 5) is 23.6. The van der Waals surface area contributed by atoms with E-state index in [1.807, 2.05) is 6.07 Å². The third kappa shape index (κ3) is 4.60. The number of carbonyl (C=O) groups is 2. The fourth-order valence-corrected chi connectivity index (χ4v) is 2.02. The topological polar surface area (TPSA) is 58.2 Å². The van der Waals surface area contributed by atoms with Crippen molar-refractivity contribution >= 4 is 23.4 Å². The van der Waals surface area contributed by atoms with E-state index < -0.39 is 0 Å². The lowest BCUT2D eigenvalue weighted by atomic mass is 10.1. The molecule has 2 amide bonds. The van der Waals surface area contributed by atoms with Gasteiger partial charge in [0.2, 0.25) is 0 Å². The highest BCUT2D eigenvalue weighted by Gasteiger charge is 2.06. The number of carbonyl (C=O) groups excluding carboxylic acids is 2. The average Bonchev–Trinajstić information content (AvgIpc) is 2.58. The number of hydrogen-bond acceptors (Lipinski definition) is 2. The zero-order valence-corrected chi connectivity index (χ0v) is 13.3. The van der Waals surface area contributed by atoms with Crippen LogP contribution in [0.1, 0.15) is 26.3 Å². The Morgan fingerprint density at radius 2 is 1.74 bits per heavy atom. The van der Waals surface area contributed by atoms with Gasteiger partial charge in [-0.3, -0.25) is 9.59 Å². The Morgan fingerprint density at radius 3 is 2.43 bits per heavy atom. The van der Waals surface area contributed by atoms with Gasteiger partial charge in [-0.25, -0.2) is 0 Å². The molecule has 2 N–H and O–H groups in total. The first kappa shape index (κ1) is 16.6. The summed E-state index contributed by atoms with van der Waals surface area (Å²) in [5.41, 5.74) is 1.64. The average molecular weight is 327 g/mol. The third-order valence-electron chi connectivity index (χ3n) is 3.07. The van der Waals surface area contributed by atoms with Crippen molar-refractivity contribution in [3.8, 4) is 11.8 Å². The zero-order chi connectivity index (χ0) is 16.7. The largest absolute Gasteiger partial charge is 0.355 e. The predicted molar refractivity (Wildman–Crippen MR) is 90.5 cm³/mol. The van der Waals surface area contributed by atoms with E-state index in [-0.39, 0.29) is 18.4 Å². The zero-order valence-electron chi connectivity index (χ0n) is 12.5. The van der Waals surface area contributed by atoms with Gasteiger partial charge in [-0.05, 0) is 36.4 Å². The first-order valence-electron chi connectivity index (χ1n) is 6.95. The first-order valence-corrected chi connectivity index (χ1v) is 7.33. The van der Waals surface area contributed by atoms with Crippen LogP contribution in [0.25, 0.3) is 0 Å². The van der Waals surface area contributed by atoms with E-state index in [9.17, 15) is 9.59 Å². The molecule has 116 valence electrons. The van der Waals surface area contributed by atoms with Crippen LogP contribution in [-0.2, 0) is 0 Å². The highest BCUT2D eigenvalue weighted by atomic mass is 35.5. The highest BCUT2D eigenvalue weighted by Crippen LogP contribution is 2.09. The quantitative estimate of drug-likeness (QED) is 0.851. The number of benzene rings is 2. The fourth-order valence-electron chi connectivity index (χ4n) is 1.89. The molecule has 2 aromatic rings. The lowest BCUT2D eigenvalue weighted by Crippen LogP contribution is -2.23. The molecule has 0 aromatic heterocycles. The van der Waals surface area contributed by atoms with Gasteiger partial charge in [0.05, 0.1) is 12.1 Å². The number of amides is 2. The lowest BCUT2D eigenvalue weighted by molar-refractivity contribution is 0.0952. The highest BCUT2D eigenvalue weighted by molar-refractivity contribution is 6.30. The van der Waals surface area contributed by atoms with Crippen molar-refractivity contribution in [3.05, 3.63) is 70.2 Å². The summed E-state index contributed by atoms with van der Waals surface area (Å²) in [5, 5.41) is 5.84. The van der Waals surface area contributed by atoms with E-state index in [0.29, 0.717) is 21.7 Å². The van der Waals surface area contributed by atoms with E-state index in [1.165, 1.54) is 0 Å². The molecule has 4 nitrogen and oxygen atoms in total. The standard InChI is InChI=1S/C18H15ClN2O2/c1-20-18(23)16-7-3-2-5-13(16)6-4-12-21-17(22)14-8-10-15(19)11-9-14/h2-3,5,7-11H,12H2,1H3,(H,20,23)(H,21,22). The summed E-state index contributed by atoms with van der Waals surface area (Å²) in [6.07, 6.45) is 0. The van der Waals surface area contributed by atoms with Gasteiger partial charge in [0.15, 0.2) is 0 Å². The first-order chi connectivity index (χ1) is 11.1. The summed E-state index contributed by atoms with van der Waals surface area (Å²) in [6, 6.07) is 13.6. The van der Waals surface area contributed by atoms with Crippen molar-refractivity contribution in [3.63, 3.8) is 0 Å². The van der Waals surface area contributed by atoms with Crippen LogP contribution >= 0.6 is 11.6 Å². The Balaban J connectivity index is 2.00. The van der Waals surface area contributed by atoms with Crippen LogP contribution in [0.3, 0.4) is 0 Å². The van der Waals surface area contributed by atoms with Crippen molar-refractivity contribution in [2.45, 2.75) is 0 Å². The predicted octanol–water partition coefficient (Wildman–Crippen LogP) is 2.48. The molecule has 0 heterocycles. The molecule has 0 radical (unpaired) electrons. The van der Waals surface area contributed by atoms with Crippen LogP contribution in [0.5, 0.6) is 0 Å². The Morgan fingerprint density at radius 1 is 1.04 bits per heavy atom. The van der Waals surface area contributed by atoms with E-state index in [0.717, 1.165) is 0 Å². The van der Waals surface area contributed by atoms with Gasteiger partial charge >= 0.3 is 0 Å². The van der Waals surface area contributed by atoms with E-state index >= 15 is 0 Å². The molecule has 0 bridgehead atoms. The molecule has 0 saturated heterocycles. The summed E-state index contributed by atoms with van der Waals surface area (Å²) in [5.74, 6) is 5.32. The Kier molecular flexibility index (Phi) is 5.79. The second-order valence-corrected chi connectivity index (χ2v) is 5.05. The van der Waals surface area contributed by atoms with Crippen molar-refractivity contribution in [1.82, 2.24) is 10.6 Å². The SMILES string of the molecule is CNC(=O)c1ccccc1C#CCNC(=O)c1ccc(Cl)cc1. The van der Waals surface area contributed by atoms with Gasteiger partial charge in [-0.1, -0.05) is 35.6 Å². The van der Waals surface area contributed by atoms with Crippen LogP contribution in [0.15, 0.2) is 48.5 Å². The molecule has 5 heteroatoms. The molecule has 2 aromatic carbocycles. The number of halogens is 1. The second kappa shape index (κ2) is 8.02. The number of nitrogens with one attached hydrogen (secondary N) is 2. The van der Waals surface area contributed by atoms with Crippen molar-refractivity contribution < 1.29 is 9.59 Å². The van der Waals surface area contributed by atoms with Crippen molar-refractivity contribution in [1.29, 1.82) is 0 Å². The third-order valence-corrected chi connectivity index (χ3v) is 3.32. The summed E-state index contributed by atoms with van der Waals surface area (Å²) < 4.78 is 0. The molecule has 0 aliphatic rings. The molecular weight excluding hydrogens is 312 g/mol. The van der Waals surface area contributed by atoms with Gasteiger partial charge in [0.25, 0.3) is 11.8 Å². The maximum Gasteiger partial charge on any atom is 0.252 e. The molecule has 0 aliphatic heterocycles. The molecule has 0 spiro atoms. The Labute approximate surface area is 139 Å². The molecular formula is C18H15ClN2O2. The molecule has 0 unspecified atom stereocenters. The number of rotatable bonds is 3. The molecule has 2 rings (SSSR count). The van der Waals surface area contributed by atoms with Crippen LogP contribution < -0.4 is 10.6 Å². The minimum Gasteiger partial charge on any atom is -0.355 e. The van der Waals surface area contributed by atoms with Gasteiger partial charge in [0.1, 0.15) is 0 Å². The van der Waals surface area contributed by atoms with Gasteiger partial charge < -0.3 is 10.6 Å².